The Morgan fingerprint density at radius 1 is 1.27 bits per heavy atom. The molecule has 0 atom stereocenters. The van der Waals surface area contributed by atoms with Gasteiger partial charge in [0.1, 0.15) is 5.75 Å². The normalized spacial score (nSPS) is 9.60. The minimum absolute atomic E-state index is 0.114. The van der Waals surface area contributed by atoms with Crippen LogP contribution in [0.15, 0.2) is 24.3 Å². The van der Waals surface area contributed by atoms with Crippen LogP contribution in [0.5, 0.6) is 5.75 Å². The topological polar surface area (TPSA) is 33.0 Å². The fraction of sp³-hybridized carbons (Fsp3) is 0.300. The molecule has 0 bridgehead atoms. The van der Waals surface area contributed by atoms with Crippen molar-refractivity contribution in [3.63, 3.8) is 0 Å². The maximum absolute atomic E-state index is 12.1. The lowest BCUT2D eigenvalue weighted by atomic mass is 10.2. The highest BCUT2D eigenvalue weighted by Crippen LogP contribution is 2.31. The van der Waals surface area contributed by atoms with E-state index in [0.29, 0.717) is 0 Å². The van der Waals surface area contributed by atoms with Crippen LogP contribution in [0.25, 0.3) is 0 Å². The third-order valence-electron chi connectivity index (χ3n) is 1.32. The van der Waals surface area contributed by atoms with Gasteiger partial charge in [-0.15, -0.1) is 5.26 Å². The highest BCUT2D eigenvalue weighted by atomic mass is 19.4. The lowest BCUT2D eigenvalue weighted by molar-refractivity contribution is -0.137. The standard InChI is InChI=1S/C8H4F3NO.C2H6/c9-8(10,11)6-2-1-3-7(4-6)13-5-12;1-2/h1-4H;1-2H3. The molecule has 0 aliphatic carbocycles. The molecule has 0 heterocycles. The smallest absolute Gasteiger partial charge is 0.388 e. The number of ether oxygens (including phenoxy) is 1. The van der Waals surface area contributed by atoms with Crippen molar-refractivity contribution >= 4 is 0 Å². The summed E-state index contributed by atoms with van der Waals surface area (Å²) in [6.45, 7) is 4.00. The van der Waals surface area contributed by atoms with Crippen LogP contribution in [0.3, 0.4) is 0 Å². The Morgan fingerprint density at radius 3 is 2.33 bits per heavy atom. The first-order valence-electron chi connectivity index (χ1n) is 4.27. The molecular formula is C10H10F3NO. The molecule has 0 aliphatic heterocycles. The third kappa shape index (κ3) is 4.36. The zero-order valence-electron chi connectivity index (χ0n) is 8.30. The number of rotatable bonds is 1. The van der Waals surface area contributed by atoms with E-state index in [0.717, 1.165) is 12.1 Å². The van der Waals surface area contributed by atoms with Crippen molar-refractivity contribution in [1.29, 1.82) is 5.26 Å². The first-order valence-corrected chi connectivity index (χ1v) is 4.27. The van der Waals surface area contributed by atoms with E-state index < -0.39 is 11.7 Å². The first kappa shape index (κ1) is 13.3. The van der Waals surface area contributed by atoms with E-state index in [1.165, 1.54) is 18.4 Å². The number of hydrogen-bond acceptors (Lipinski definition) is 2. The first-order chi connectivity index (χ1) is 7.04. The van der Waals surface area contributed by atoms with Crippen LogP contribution in [-0.4, -0.2) is 0 Å². The van der Waals surface area contributed by atoms with E-state index in [4.69, 9.17) is 5.26 Å². The van der Waals surface area contributed by atoms with Crippen molar-refractivity contribution in [2.75, 3.05) is 0 Å². The highest BCUT2D eigenvalue weighted by molar-refractivity contribution is 5.30. The molecule has 0 radical (unpaired) electrons. The summed E-state index contributed by atoms with van der Waals surface area (Å²) in [5.74, 6) is -0.114. The second-order valence-electron chi connectivity index (χ2n) is 2.22. The number of nitriles is 1. The van der Waals surface area contributed by atoms with Gasteiger partial charge in [0.15, 0.2) is 0 Å². The summed E-state index contributed by atoms with van der Waals surface area (Å²) in [5, 5.41) is 8.06. The van der Waals surface area contributed by atoms with Crippen LogP contribution in [0.1, 0.15) is 19.4 Å². The van der Waals surface area contributed by atoms with Crippen molar-refractivity contribution in [3.8, 4) is 12.0 Å². The second-order valence-corrected chi connectivity index (χ2v) is 2.22. The van der Waals surface area contributed by atoms with Gasteiger partial charge in [0.2, 0.25) is 0 Å². The molecule has 0 saturated carbocycles. The molecule has 5 heteroatoms. The SMILES string of the molecule is CC.N#COc1cccc(C(F)(F)F)c1. The van der Waals surface area contributed by atoms with E-state index >= 15 is 0 Å². The summed E-state index contributed by atoms with van der Waals surface area (Å²) in [6, 6.07) is 4.13. The Bertz CT molecular complexity index is 341. The Labute approximate surface area is 85.9 Å². The Kier molecular flexibility index (Phi) is 5.24. The van der Waals surface area contributed by atoms with Gasteiger partial charge in [0, 0.05) is 0 Å². The fourth-order valence-electron chi connectivity index (χ4n) is 0.789. The number of benzene rings is 1. The van der Waals surface area contributed by atoms with Gasteiger partial charge in [-0.25, -0.2) is 0 Å². The molecular weight excluding hydrogens is 207 g/mol. The Balaban J connectivity index is 0.000000921. The molecule has 0 aliphatic rings. The highest BCUT2D eigenvalue weighted by Gasteiger charge is 2.30. The van der Waals surface area contributed by atoms with Gasteiger partial charge in [-0.05, 0) is 18.2 Å². The average Bonchev–Trinajstić information content (AvgIpc) is 2.21. The Morgan fingerprint density at radius 2 is 1.87 bits per heavy atom. The fourth-order valence-corrected chi connectivity index (χ4v) is 0.789. The lowest BCUT2D eigenvalue weighted by Gasteiger charge is -2.06. The zero-order chi connectivity index (χ0) is 11.9. The maximum Gasteiger partial charge on any atom is 0.416 e. The summed E-state index contributed by atoms with van der Waals surface area (Å²) in [7, 11) is 0. The third-order valence-corrected chi connectivity index (χ3v) is 1.32. The number of hydrogen-bond donors (Lipinski definition) is 0. The van der Waals surface area contributed by atoms with Gasteiger partial charge in [-0.3, -0.25) is 0 Å². The van der Waals surface area contributed by atoms with Crippen LogP contribution in [-0.2, 0) is 6.18 Å². The molecule has 1 rings (SSSR count). The molecule has 1 aromatic rings. The van der Waals surface area contributed by atoms with Gasteiger partial charge in [-0.1, -0.05) is 19.9 Å². The average molecular weight is 217 g/mol. The van der Waals surface area contributed by atoms with Crippen LogP contribution in [0, 0.1) is 11.5 Å². The lowest BCUT2D eigenvalue weighted by Crippen LogP contribution is -2.04. The van der Waals surface area contributed by atoms with Gasteiger partial charge < -0.3 is 4.74 Å². The predicted octanol–water partition coefficient (Wildman–Crippen LogP) is 3.59. The van der Waals surface area contributed by atoms with E-state index in [1.807, 2.05) is 13.8 Å². The second kappa shape index (κ2) is 5.91. The summed E-state index contributed by atoms with van der Waals surface area (Å²) in [4.78, 5) is 0. The van der Waals surface area contributed by atoms with Crippen LogP contribution in [0.4, 0.5) is 13.2 Å². The molecule has 0 aromatic heterocycles. The molecule has 0 fully saturated rings. The van der Waals surface area contributed by atoms with Crippen LogP contribution >= 0.6 is 0 Å². The van der Waals surface area contributed by atoms with Gasteiger partial charge in [0.05, 0.1) is 5.56 Å². The van der Waals surface area contributed by atoms with E-state index in [9.17, 15) is 13.2 Å². The predicted molar refractivity (Wildman–Crippen MR) is 49.0 cm³/mol. The van der Waals surface area contributed by atoms with Gasteiger partial charge in [-0.2, -0.15) is 13.2 Å². The number of halogens is 3. The number of nitrogens with zero attached hydrogens (tertiary/aromatic N) is 1. The minimum Gasteiger partial charge on any atom is -0.388 e. The van der Waals surface area contributed by atoms with Gasteiger partial charge in [0.25, 0.3) is 6.26 Å². The minimum atomic E-state index is -4.41. The quantitative estimate of drug-likeness (QED) is 0.673. The van der Waals surface area contributed by atoms with Crippen LogP contribution < -0.4 is 4.74 Å². The number of alkyl halides is 3. The summed E-state index contributed by atoms with van der Waals surface area (Å²) in [5.41, 5.74) is -0.833. The molecule has 0 spiro atoms. The van der Waals surface area contributed by atoms with Crippen molar-refractivity contribution in [2.45, 2.75) is 20.0 Å². The van der Waals surface area contributed by atoms with Crippen LogP contribution in [0.2, 0.25) is 0 Å². The van der Waals surface area contributed by atoms with Crippen molar-refractivity contribution in [2.24, 2.45) is 0 Å². The van der Waals surface area contributed by atoms with E-state index in [2.05, 4.69) is 4.74 Å². The molecule has 15 heavy (non-hydrogen) atoms. The monoisotopic (exact) mass is 217 g/mol. The van der Waals surface area contributed by atoms with Gasteiger partial charge >= 0.3 is 6.18 Å². The molecule has 0 N–H and O–H groups in total. The molecule has 0 saturated heterocycles. The van der Waals surface area contributed by atoms with E-state index in [-0.39, 0.29) is 5.75 Å². The Hall–Kier alpha value is -1.70. The molecule has 0 amide bonds. The molecule has 0 unspecified atom stereocenters. The maximum atomic E-state index is 12.1. The molecule has 2 nitrogen and oxygen atoms in total. The molecule has 82 valence electrons. The largest absolute Gasteiger partial charge is 0.416 e. The summed E-state index contributed by atoms with van der Waals surface area (Å²) in [6.07, 6.45) is -3.11. The van der Waals surface area contributed by atoms with Crippen molar-refractivity contribution in [3.05, 3.63) is 29.8 Å². The van der Waals surface area contributed by atoms with Crippen molar-refractivity contribution in [1.82, 2.24) is 0 Å². The van der Waals surface area contributed by atoms with Crippen molar-refractivity contribution < 1.29 is 17.9 Å². The molecule has 1 aromatic carbocycles. The summed E-state index contributed by atoms with van der Waals surface area (Å²) < 4.78 is 40.5. The zero-order valence-corrected chi connectivity index (χ0v) is 8.30. The summed E-state index contributed by atoms with van der Waals surface area (Å²) >= 11 is 0. The van der Waals surface area contributed by atoms with E-state index in [1.54, 1.807) is 0 Å².